The number of benzene rings is 2. The molecule has 0 fully saturated rings. The predicted molar refractivity (Wildman–Crippen MR) is 92.7 cm³/mol. The number of ether oxygens (including phenoxy) is 1. The van der Waals surface area contributed by atoms with Crippen molar-refractivity contribution in [1.29, 1.82) is 0 Å². The number of aromatic nitrogens is 3. The lowest BCUT2D eigenvalue weighted by Gasteiger charge is -2.04. The van der Waals surface area contributed by atoms with Gasteiger partial charge in [0, 0.05) is 0 Å². The third-order valence-electron chi connectivity index (χ3n) is 3.41. The fraction of sp³-hybridized carbons (Fsp3) is 0.105. The van der Waals surface area contributed by atoms with Gasteiger partial charge >= 0.3 is 5.97 Å². The molecule has 0 aliphatic carbocycles. The van der Waals surface area contributed by atoms with Crippen LogP contribution in [0.1, 0.15) is 28.7 Å². The van der Waals surface area contributed by atoms with E-state index in [9.17, 15) is 4.79 Å². The van der Waals surface area contributed by atoms with Gasteiger partial charge in [-0.1, -0.05) is 59.8 Å². The van der Waals surface area contributed by atoms with Gasteiger partial charge in [0.25, 0.3) is 0 Å². The highest BCUT2D eigenvalue weighted by atomic mass is 16.5. The lowest BCUT2D eigenvalue weighted by molar-refractivity contribution is 0.0519. The summed E-state index contributed by atoms with van der Waals surface area (Å²) in [5.74, 6) is -0.479. The second-order valence-electron chi connectivity index (χ2n) is 5.04. The van der Waals surface area contributed by atoms with Crippen molar-refractivity contribution >= 4 is 18.1 Å². The number of hydrogen-bond donors (Lipinski definition) is 0. The van der Waals surface area contributed by atoms with E-state index in [4.69, 9.17) is 4.74 Å². The number of nitrogens with zero attached hydrogens (tertiary/aromatic N) is 3. The number of carbonyl (C=O) groups is 1. The third-order valence-corrected chi connectivity index (χ3v) is 3.41. The Kier molecular flexibility index (Phi) is 4.81. The van der Waals surface area contributed by atoms with Crippen LogP contribution in [0.3, 0.4) is 0 Å². The summed E-state index contributed by atoms with van der Waals surface area (Å²) in [5.41, 5.74) is 2.64. The smallest absolute Gasteiger partial charge is 0.361 e. The second kappa shape index (κ2) is 7.37. The zero-order chi connectivity index (χ0) is 16.8. The van der Waals surface area contributed by atoms with Crippen LogP contribution in [-0.4, -0.2) is 27.6 Å². The van der Waals surface area contributed by atoms with Gasteiger partial charge in [-0.25, -0.2) is 9.48 Å². The summed E-state index contributed by atoms with van der Waals surface area (Å²) >= 11 is 0. The SMILES string of the molecule is CCOC(=O)c1nnn(-c2ccccc2)c1/C=C/c1ccccc1. The van der Waals surface area contributed by atoms with Crippen LogP contribution in [-0.2, 0) is 4.74 Å². The lowest BCUT2D eigenvalue weighted by atomic mass is 10.2. The van der Waals surface area contributed by atoms with Gasteiger partial charge in [0.15, 0.2) is 5.69 Å². The molecule has 0 bridgehead atoms. The highest BCUT2D eigenvalue weighted by Crippen LogP contribution is 2.17. The highest BCUT2D eigenvalue weighted by Gasteiger charge is 2.19. The summed E-state index contributed by atoms with van der Waals surface area (Å²) in [6.07, 6.45) is 3.75. The number of para-hydroxylation sites is 1. The number of esters is 1. The first kappa shape index (κ1) is 15.7. The molecule has 5 nitrogen and oxygen atoms in total. The van der Waals surface area contributed by atoms with E-state index >= 15 is 0 Å². The Balaban J connectivity index is 2.04. The van der Waals surface area contributed by atoms with E-state index in [1.54, 1.807) is 11.6 Å². The van der Waals surface area contributed by atoms with Gasteiger partial charge < -0.3 is 4.74 Å². The largest absolute Gasteiger partial charge is 0.461 e. The van der Waals surface area contributed by atoms with Crippen molar-refractivity contribution in [3.8, 4) is 5.69 Å². The molecule has 1 aromatic heterocycles. The molecular formula is C19H17N3O2. The molecule has 0 atom stereocenters. The van der Waals surface area contributed by atoms with Gasteiger partial charge in [-0.2, -0.15) is 0 Å². The molecule has 24 heavy (non-hydrogen) atoms. The van der Waals surface area contributed by atoms with Crippen molar-refractivity contribution < 1.29 is 9.53 Å². The molecular weight excluding hydrogens is 302 g/mol. The molecule has 0 aliphatic rings. The molecule has 1 heterocycles. The molecule has 120 valence electrons. The van der Waals surface area contributed by atoms with E-state index in [0.717, 1.165) is 11.3 Å². The monoisotopic (exact) mass is 319 g/mol. The zero-order valence-corrected chi connectivity index (χ0v) is 13.3. The van der Waals surface area contributed by atoms with Gasteiger partial charge in [-0.3, -0.25) is 0 Å². The fourth-order valence-corrected chi connectivity index (χ4v) is 2.28. The quantitative estimate of drug-likeness (QED) is 0.674. The lowest BCUT2D eigenvalue weighted by Crippen LogP contribution is -2.08. The maximum absolute atomic E-state index is 12.1. The standard InChI is InChI=1S/C19H17N3O2/c1-2-24-19(23)18-17(14-13-15-9-5-3-6-10-15)22(21-20-18)16-11-7-4-8-12-16/h3-14H,2H2,1H3/b14-13+. The van der Waals surface area contributed by atoms with Crippen molar-refractivity contribution in [1.82, 2.24) is 15.0 Å². The molecule has 0 amide bonds. The Morgan fingerprint density at radius 1 is 1.04 bits per heavy atom. The van der Waals surface area contributed by atoms with E-state index in [1.807, 2.05) is 72.8 Å². The average Bonchev–Trinajstić information content (AvgIpc) is 3.06. The molecule has 5 heteroatoms. The van der Waals surface area contributed by atoms with Crippen LogP contribution in [0.15, 0.2) is 60.7 Å². The van der Waals surface area contributed by atoms with Crippen molar-refractivity contribution in [3.05, 3.63) is 77.6 Å². The van der Waals surface area contributed by atoms with Crippen LogP contribution in [0.2, 0.25) is 0 Å². The van der Waals surface area contributed by atoms with Crippen LogP contribution in [0.25, 0.3) is 17.8 Å². The van der Waals surface area contributed by atoms with Gasteiger partial charge in [0.05, 0.1) is 12.3 Å². The topological polar surface area (TPSA) is 57.0 Å². The third kappa shape index (κ3) is 3.41. The molecule has 2 aromatic carbocycles. The minimum atomic E-state index is -0.479. The van der Waals surface area contributed by atoms with Crippen molar-refractivity contribution in [3.63, 3.8) is 0 Å². The Hall–Kier alpha value is -3.21. The van der Waals surface area contributed by atoms with Gasteiger partial charge in [-0.15, -0.1) is 5.10 Å². The Morgan fingerprint density at radius 2 is 1.71 bits per heavy atom. The minimum Gasteiger partial charge on any atom is -0.461 e. The number of carbonyl (C=O) groups excluding carboxylic acids is 1. The summed E-state index contributed by atoms with van der Waals surface area (Å²) < 4.78 is 6.71. The van der Waals surface area contributed by atoms with Crippen molar-refractivity contribution in [2.75, 3.05) is 6.61 Å². The zero-order valence-electron chi connectivity index (χ0n) is 13.3. The summed E-state index contributed by atoms with van der Waals surface area (Å²) in [4.78, 5) is 12.1. The molecule has 0 N–H and O–H groups in total. The molecule has 0 unspecified atom stereocenters. The molecule has 0 saturated carbocycles. The fourth-order valence-electron chi connectivity index (χ4n) is 2.28. The molecule has 0 radical (unpaired) electrons. The summed E-state index contributed by atoms with van der Waals surface area (Å²) in [5, 5.41) is 8.13. The maximum Gasteiger partial charge on any atom is 0.361 e. The summed E-state index contributed by atoms with van der Waals surface area (Å²) in [6.45, 7) is 2.05. The van der Waals surface area contributed by atoms with Crippen LogP contribution in [0, 0.1) is 0 Å². The molecule has 3 rings (SSSR count). The number of hydrogen-bond acceptors (Lipinski definition) is 4. The van der Waals surface area contributed by atoms with E-state index in [-0.39, 0.29) is 5.69 Å². The van der Waals surface area contributed by atoms with Crippen LogP contribution in [0.5, 0.6) is 0 Å². The van der Waals surface area contributed by atoms with Gasteiger partial charge in [0.2, 0.25) is 0 Å². The molecule has 0 saturated heterocycles. The van der Waals surface area contributed by atoms with E-state index in [1.165, 1.54) is 0 Å². The first-order chi connectivity index (χ1) is 11.8. The second-order valence-corrected chi connectivity index (χ2v) is 5.04. The van der Waals surface area contributed by atoms with Crippen LogP contribution < -0.4 is 0 Å². The summed E-state index contributed by atoms with van der Waals surface area (Å²) in [7, 11) is 0. The van der Waals surface area contributed by atoms with Gasteiger partial charge in [0.1, 0.15) is 5.69 Å². The minimum absolute atomic E-state index is 0.202. The summed E-state index contributed by atoms with van der Waals surface area (Å²) in [6, 6.07) is 19.4. The Morgan fingerprint density at radius 3 is 2.38 bits per heavy atom. The first-order valence-electron chi connectivity index (χ1n) is 7.71. The van der Waals surface area contributed by atoms with Crippen LogP contribution in [0.4, 0.5) is 0 Å². The molecule has 3 aromatic rings. The van der Waals surface area contributed by atoms with Crippen LogP contribution >= 0.6 is 0 Å². The van der Waals surface area contributed by atoms with Crippen molar-refractivity contribution in [2.24, 2.45) is 0 Å². The highest BCUT2D eigenvalue weighted by molar-refractivity contribution is 5.92. The average molecular weight is 319 g/mol. The maximum atomic E-state index is 12.1. The van der Waals surface area contributed by atoms with Crippen molar-refractivity contribution in [2.45, 2.75) is 6.92 Å². The number of rotatable bonds is 5. The Labute approximate surface area is 140 Å². The van der Waals surface area contributed by atoms with E-state index in [0.29, 0.717) is 12.3 Å². The van der Waals surface area contributed by atoms with E-state index < -0.39 is 5.97 Å². The van der Waals surface area contributed by atoms with E-state index in [2.05, 4.69) is 10.3 Å². The predicted octanol–water partition coefficient (Wildman–Crippen LogP) is 3.61. The normalized spacial score (nSPS) is 10.9. The first-order valence-corrected chi connectivity index (χ1v) is 7.71. The van der Waals surface area contributed by atoms with Gasteiger partial charge in [-0.05, 0) is 30.7 Å². The Bertz CT molecular complexity index is 840. The molecule has 0 spiro atoms. The molecule has 0 aliphatic heterocycles.